The molecule has 4 nitrogen and oxygen atoms in total. The molecule has 2 aromatic carbocycles. The van der Waals surface area contributed by atoms with Crippen molar-refractivity contribution in [3.8, 4) is 0 Å². The van der Waals surface area contributed by atoms with E-state index in [-0.39, 0.29) is 5.91 Å². The Morgan fingerprint density at radius 2 is 2.10 bits per heavy atom. The summed E-state index contributed by atoms with van der Waals surface area (Å²) < 4.78 is 0. The number of nitrogens with zero attached hydrogens (tertiary/aromatic N) is 2. The number of carbonyl (C=O) groups is 1. The second-order valence-electron chi connectivity index (χ2n) is 4.48. The van der Waals surface area contributed by atoms with Crippen molar-refractivity contribution in [3.63, 3.8) is 0 Å². The standard InChI is InChI=1S/C15H12ClN3O/c1-19(15(20)10-3-2-4-11(16)7-10)12-5-6-13-14(8-12)18-9-17-13/h2-9H,1H3,(H,17,18). The Bertz CT molecular complexity index is 781. The zero-order chi connectivity index (χ0) is 14.1. The average Bonchev–Trinajstić information content (AvgIpc) is 2.93. The number of fused-ring (bicyclic) bond motifs is 1. The molecule has 0 saturated carbocycles. The van der Waals surface area contributed by atoms with Crippen molar-refractivity contribution >= 4 is 34.2 Å². The quantitative estimate of drug-likeness (QED) is 0.783. The van der Waals surface area contributed by atoms with Gasteiger partial charge in [0.2, 0.25) is 0 Å². The number of anilines is 1. The van der Waals surface area contributed by atoms with E-state index in [1.54, 1.807) is 42.5 Å². The van der Waals surface area contributed by atoms with Crippen LogP contribution in [-0.2, 0) is 0 Å². The van der Waals surface area contributed by atoms with Crippen LogP contribution in [0.2, 0.25) is 5.02 Å². The molecule has 5 heteroatoms. The summed E-state index contributed by atoms with van der Waals surface area (Å²) in [6.07, 6.45) is 1.63. The van der Waals surface area contributed by atoms with Gasteiger partial charge < -0.3 is 9.88 Å². The van der Waals surface area contributed by atoms with Crippen LogP contribution in [0.5, 0.6) is 0 Å². The molecule has 0 radical (unpaired) electrons. The molecule has 1 heterocycles. The van der Waals surface area contributed by atoms with Gasteiger partial charge in [-0.25, -0.2) is 4.98 Å². The Labute approximate surface area is 121 Å². The Morgan fingerprint density at radius 3 is 2.90 bits per heavy atom. The summed E-state index contributed by atoms with van der Waals surface area (Å²) in [6, 6.07) is 12.6. The number of aromatic amines is 1. The minimum absolute atomic E-state index is 0.105. The lowest BCUT2D eigenvalue weighted by Gasteiger charge is -2.17. The third-order valence-corrected chi connectivity index (χ3v) is 3.40. The number of halogens is 1. The van der Waals surface area contributed by atoms with E-state index in [0.29, 0.717) is 10.6 Å². The van der Waals surface area contributed by atoms with Crippen molar-refractivity contribution in [3.05, 3.63) is 59.4 Å². The number of aromatic nitrogens is 2. The highest BCUT2D eigenvalue weighted by Gasteiger charge is 2.14. The van der Waals surface area contributed by atoms with Gasteiger partial charge in [-0.3, -0.25) is 4.79 Å². The molecule has 3 rings (SSSR count). The summed E-state index contributed by atoms with van der Waals surface area (Å²) in [7, 11) is 1.74. The van der Waals surface area contributed by atoms with Gasteiger partial charge in [0.25, 0.3) is 5.91 Å². The molecule has 100 valence electrons. The van der Waals surface area contributed by atoms with Crippen LogP contribution in [0, 0.1) is 0 Å². The van der Waals surface area contributed by atoms with Crippen molar-refractivity contribution in [1.82, 2.24) is 9.97 Å². The number of H-pyrrole nitrogens is 1. The van der Waals surface area contributed by atoms with E-state index in [4.69, 9.17) is 11.6 Å². The van der Waals surface area contributed by atoms with Crippen LogP contribution in [0.4, 0.5) is 5.69 Å². The first-order valence-corrected chi connectivity index (χ1v) is 6.50. The monoisotopic (exact) mass is 285 g/mol. The molecular weight excluding hydrogens is 274 g/mol. The highest BCUT2D eigenvalue weighted by molar-refractivity contribution is 6.31. The first-order valence-electron chi connectivity index (χ1n) is 6.12. The summed E-state index contributed by atoms with van der Waals surface area (Å²) in [4.78, 5) is 21.2. The molecule has 0 fully saturated rings. The third-order valence-electron chi connectivity index (χ3n) is 3.17. The zero-order valence-corrected chi connectivity index (χ0v) is 11.6. The average molecular weight is 286 g/mol. The smallest absolute Gasteiger partial charge is 0.258 e. The van der Waals surface area contributed by atoms with Gasteiger partial charge in [0.1, 0.15) is 0 Å². The number of benzene rings is 2. The van der Waals surface area contributed by atoms with E-state index in [1.807, 2.05) is 18.2 Å². The first kappa shape index (κ1) is 12.7. The number of rotatable bonds is 2. The van der Waals surface area contributed by atoms with E-state index in [0.717, 1.165) is 16.7 Å². The fraction of sp³-hybridized carbons (Fsp3) is 0.0667. The topological polar surface area (TPSA) is 49.0 Å². The summed E-state index contributed by atoms with van der Waals surface area (Å²) in [6.45, 7) is 0. The highest BCUT2D eigenvalue weighted by atomic mass is 35.5. The van der Waals surface area contributed by atoms with Gasteiger partial charge in [-0.05, 0) is 36.4 Å². The predicted molar refractivity (Wildman–Crippen MR) is 80.3 cm³/mol. The van der Waals surface area contributed by atoms with E-state index >= 15 is 0 Å². The molecule has 20 heavy (non-hydrogen) atoms. The largest absolute Gasteiger partial charge is 0.345 e. The zero-order valence-electron chi connectivity index (χ0n) is 10.8. The second kappa shape index (κ2) is 4.98. The van der Waals surface area contributed by atoms with E-state index in [1.165, 1.54) is 0 Å². The summed E-state index contributed by atoms with van der Waals surface area (Å²) >= 11 is 5.92. The van der Waals surface area contributed by atoms with Crippen LogP contribution < -0.4 is 4.90 Å². The number of carbonyl (C=O) groups excluding carboxylic acids is 1. The predicted octanol–water partition coefficient (Wildman–Crippen LogP) is 3.49. The maximum absolute atomic E-state index is 12.4. The van der Waals surface area contributed by atoms with Gasteiger partial charge in [-0.1, -0.05) is 17.7 Å². The van der Waals surface area contributed by atoms with Crippen molar-refractivity contribution in [1.29, 1.82) is 0 Å². The lowest BCUT2D eigenvalue weighted by Crippen LogP contribution is -2.26. The molecule has 0 unspecified atom stereocenters. The van der Waals surface area contributed by atoms with Crippen LogP contribution in [-0.4, -0.2) is 22.9 Å². The van der Waals surface area contributed by atoms with Gasteiger partial charge in [-0.2, -0.15) is 0 Å². The SMILES string of the molecule is CN(C(=O)c1cccc(Cl)c1)c1ccc2nc[nH]c2c1. The Morgan fingerprint density at radius 1 is 1.25 bits per heavy atom. The Kier molecular flexibility index (Phi) is 3.16. The summed E-state index contributed by atoms with van der Waals surface area (Å²) in [5.41, 5.74) is 3.13. The fourth-order valence-electron chi connectivity index (χ4n) is 2.06. The molecule has 3 aromatic rings. The minimum Gasteiger partial charge on any atom is -0.345 e. The maximum Gasteiger partial charge on any atom is 0.258 e. The third kappa shape index (κ3) is 2.26. The Balaban J connectivity index is 1.94. The second-order valence-corrected chi connectivity index (χ2v) is 4.91. The van der Waals surface area contributed by atoms with Crippen LogP contribution in [0.25, 0.3) is 11.0 Å². The number of imidazole rings is 1. The van der Waals surface area contributed by atoms with Crippen LogP contribution in [0.15, 0.2) is 48.8 Å². The number of hydrogen-bond donors (Lipinski definition) is 1. The van der Waals surface area contributed by atoms with Crippen LogP contribution >= 0.6 is 11.6 Å². The summed E-state index contributed by atoms with van der Waals surface area (Å²) in [5.74, 6) is -0.105. The molecule has 0 spiro atoms. The fourth-order valence-corrected chi connectivity index (χ4v) is 2.25. The number of hydrogen-bond acceptors (Lipinski definition) is 2. The summed E-state index contributed by atoms with van der Waals surface area (Å²) in [5, 5.41) is 0.549. The van der Waals surface area contributed by atoms with Gasteiger partial charge in [0.15, 0.2) is 0 Å². The highest BCUT2D eigenvalue weighted by Crippen LogP contribution is 2.21. The first-order chi connectivity index (χ1) is 9.65. The van der Waals surface area contributed by atoms with E-state index in [9.17, 15) is 4.79 Å². The molecule has 0 aliphatic heterocycles. The number of nitrogens with one attached hydrogen (secondary N) is 1. The molecule has 0 aliphatic carbocycles. The van der Waals surface area contributed by atoms with Crippen LogP contribution in [0.1, 0.15) is 10.4 Å². The van der Waals surface area contributed by atoms with Crippen molar-refractivity contribution in [2.24, 2.45) is 0 Å². The molecular formula is C15H12ClN3O. The van der Waals surface area contributed by atoms with Gasteiger partial charge in [0, 0.05) is 23.3 Å². The molecule has 1 aromatic heterocycles. The number of amides is 1. The maximum atomic E-state index is 12.4. The molecule has 0 atom stereocenters. The lowest BCUT2D eigenvalue weighted by molar-refractivity contribution is 0.0993. The molecule has 1 amide bonds. The van der Waals surface area contributed by atoms with Gasteiger partial charge in [-0.15, -0.1) is 0 Å². The van der Waals surface area contributed by atoms with Crippen molar-refractivity contribution in [2.45, 2.75) is 0 Å². The Hall–Kier alpha value is -2.33. The normalized spacial score (nSPS) is 10.7. The van der Waals surface area contributed by atoms with Gasteiger partial charge >= 0.3 is 0 Å². The van der Waals surface area contributed by atoms with Crippen molar-refractivity contribution < 1.29 is 4.79 Å². The molecule has 0 saturated heterocycles. The van der Waals surface area contributed by atoms with Crippen molar-refractivity contribution in [2.75, 3.05) is 11.9 Å². The molecule has 0 bridgehead atoms. The van der Waals surface area contributed by atoms with E-state index in [2.05, 4.69) is 9.97 Å². The molecule has 0 aliphatic rings. The van der Waals surface area contributed by atoms with Gasteiger partial charge in [0.05, 0.1) is 17.4 Å². The van der Waals surface area contributed by atoms with E-state index < -0.39 is 0 Å². The van der Waals surface area contributed by atoms with Crippen LogP contribution in [0.3, 0.4) is 0 Å². The molecule has 1 N–H and O–H groups in total. The lowest BCUT2D eigenvalue weighted by atomic mass is 10.2. The minimum atomic E-state index is -0.105.